The number of sulfonamides is 1. The summed E-state index contributed by atoms with van der Waals surface area (Å²) in [5.74, 6) is -0.929. The number of aryl methyl sites for hydroxylation is 1. The molecule has 1 amide bonds. The molecule has 2 N–H and O–H groups in total. The van der Waals surface area contributed by atoms with E-state index in [2.05, 4.69) is 15.0 Å². The van der Waals surface area contributed by atoms with Gasteiger partial charge in [0.1, 0.15) is 17.7 Å². The standard InChI is InChI=1S/C19H20FN3O3S/c1-11(2)17(19(24)21-13-9-8-12(3)15(20)10-13)22-18-14-6-4-5-7-16(14)27(25,26)23-18/h4-11,17H,1-3H3,(H,21,24)(H,22,23)/t17-/m1/s1. The molecule has 0 aliphatic carbocycles. The molecule has 27 heavy (non-hydrogen) atoms. The van der Waals surface area contributed by atoms with Gasteiger partial charge in [0.2, 0.25) is 5.91 Å². The van der Waals surface area contributed by atoms with Gasteiger partial charge in [0.05, 0.1) is 4.90 Å². The lowest BCUT2D eigenvalue weighted by Crippen LogP contribution is -2.34. The topological polar surface area (TPSA) is 87.6 Å². The van der Waals surface area contributed by atoms with Crippen LogP contribution in [-0.2, 0) is 14.8 Å². The number of nitrogens with one attached hydrogen (secondary N) is 2. The van der Waals surface area contributed by atoms with E-state index in [1.807, 2.05) is 0 Å². The predicted octanol–water partition coefficient (Wildman–Crippen LogP) is 2.84. The van der Waals surface area contributed by atoms with Crippen LogP contribution in [0.15, 0.2) is 52.4 Å². The summed E-state index contributed by atoms with van der Waals surface area (Å²) in [4.78, 5) is 17.2. The van der Waals surface area contributed by atoms with E-state index in [1.54, 1.807) is 51.1 Å². The monoisotopic (exact) mass is 389 g/mol. The van der Waals surface area contributed by atoms with Gasteiger partial charge >= 0.3 is 0 Å². The van der Waals surface area contributed by atoms with Crippen LogP contribution in [0.4, 0.5) is 10.1 Å². The van der Waals surface area contributed by atoms with Crippen LogP contribution in [0.2, 0.25) is 0 Å². The molecule has 6 nitrogen and oxygen atoms in total. The Balaban J connectivity index is 1.91. The van der Waals surface area contributed by atoms with Gasteiger partial charge in [-0.1, -0.05) is 32.0 Å². The zero-order valence-corrected chi connectivity index (χ0v) is 16.0. The van der Waals surface area contributed by atoms with E-state index in [0.717, 1.165) is 0 Å². The number of amidine groups is 1. The second-order valence-electron chi connectivity index (χ2n) is 6.72. The van der Waals surface area contributed by atoms with E-state index < -0.39 is 27.8 Å². The summed E-state index contributed by atoms with van der Waals surface area (Å²) < 4.78 is 40.5. The molecule has 0 spiro atoms. The van der Waals surface area contributed by atoms with E-state index in [1.165, 1.54) is 12.1 Å². The summed E-state index contributed by atoms with van der Waals surface area (Å²) in [6, 6.07) is 10.0. The average molecular weight is 389 g/mol. The van der Waals surface area contributed by atoms with Gasteiger partial charge in [0.15, 0.2) is 0 Å². The second kappa shape index (κ2) is 7.11. The Morgan fingerprint density at radius 1 is 1.19 bits per heavy atom. The molecule has 0 bridgehead atoms. The number of carbonyl (C=O) groups excluding carboxylic acids is 1. The largest absolute Gasteiger partial charge is 0.324 e. The Morgan fingerprint density at radius 3 is 2.56 bits per heavy atom. The highest BCUT2D eigenvalue weighted by Crippen LogP contribution is 2.24. The average Bonchev–Trinajstić information content (AvgIpc) is 2.86. The van der Waals surface area contributed by atoms with E-state index in [4.69, 9.17) is 0 Å². The summed E-state index contributed by atoms with van der Waals surface area (Å²) in [6.07, 6.45) is 0. The Labute approximate surface area is 157 Å². The van der Waals surface area contributed by atoms with Crippen molar-refractivity contribution in [3.63, 3.8) is 0 Å². The van der Waals surface area contributed by atoms with Crippen LogP contribution < -0.4 is 10.0 Å². The molecule has 0 radical (unpaired) electrons. The molecule has 142 valence electrons. The molecule has 2 aromatic carbocycles. The van der Waals surface area contributed by atoms with Crippen molar-refractivity contribution >= 4 is 27.5 Å². The number of hydrogen-bond donors (Lipinski definition) is 2. The third kappa shape index (κ3) is 3.85. The zero-order valence-electron chi connectivity index (χ0n) is 15.2. The molecule has 3 rings (SSSR count). The Bertz CT molecular complexity index is 1030. The quantitative estimate of drug-likeness (QED) is 0.843. The highest BCUT2D eigenvalue weighted by Gasteiger charge is 2.32. The summed E-state index contributed by atoms with van der Waals surface area (Å²) in [6.45, 7) is 5.24. The number of amides is 1. The second-order valence-corrected chi connectivity index (χ2v) is 8.37. The summed E-state index contributed by atoms with van der Waals surface area (Å²) in [7, 11) is -3.68. The van der Waals surface area contributed by atoms with Crippen molar-refractivity contribution in [2.45, 2.75) is 31.7 Å². The van der Waals surface area contributed by atoms with Crippen molar-refractivity contribution in [2.75, 3.05) is 5.32 Å². The molecule has 0 saturated heterocycles. The van der Waals surface area contributed by atoms with Crippen molar-refractivity contribution in [3.05, 3.63) is 59.4 Å². The van der Waals surface area contributed by atoms with E-state index >= 15 is 0 Å². The first-order valence-electron chi connectivity index (χ1n) is 8.46. The minimum absolute atomic E-state index is 0.132. The van der Waals surface area contributed by atoms with Crippen molar-refractivity contribution < 1.29 is 17.6 Å². The van der Waals surface area contributed by atoms with Crippen LogP contribution in [0.3, 0.4) is 0 Å². The highest BCUT2D eigenvalue weighted by atomic mass is 32.2. The van der Waals surface area contributed by atoms with Crippen LogP contribution in [0, 0.1) is 18.7 Å². The molecule has 1 aliphatic rings. The smallest absolute Gasteiger partial charge is 0.263 e. The van der Waals surface area contributed by atoms with Crippen LogP contribution >= 0.6 is 0 Å². The molecule has 1 heterocycles. The number of benzene rings is 2. The number of fused-ring (bicyclic) bond motifs is 1. The Hall–Kier alpha value is -2.74. The van der Waals surface area contributed by atoms with Crippen LogP contribution in [-0.4, -0.2) is 26.2 Å². The Kier molecular flexibility index (Phi) is 5.01. The maximum Gasteiger partial charge on any atom is 0.263 e. The Morgan fingerprint density at radius 2 is 1.89 bits per heavy atom. The van der Waals surface area contributed by atoms with E-state index in [-0.39, 0.29) is 16.6 Å². The SMILES string of the molecule is Cc1ccc(NC(=O)[C@H](N=C2NS(=O)(=O)c3ccccc32)C(C)C)cc1F. The summed E-state index contributed by atoms with van der Waals surface area (Å²) in [5.41, 5.74) is 1.23. The van der Waals surface area contributed by atoms with Gasteiger partial charge < -0.3 is 5.32 Å². The van der Waals surface area contributed by atoms with Gasteiger partial charge in [-0.3, -0.25) is 14.5 Å². The predicted molar refractivity (Wildman–Crippen MR) is 102 cm³/mol. The van der Waals surface area contributed by atoms with Gasteiger partial charge in [-0.25, -0.2) is 12.8 Å². The van der Waals surface area contributed by atoms with Gasteiger partial charge in [-0.15, -0.1) is 0 Å². The third-order valence-electron chi connectivity index (χ3n) is 4.27. The van der Waals surface area contributed by atoms with E-state index in [9.17, 15) is 17.6 Å². The van der Waals surface area contributed by atoms with E-state index in [0.29, 0.717) is 16.8 Å². The number of carbonyl (C=O) groups is 1. The third-order valence-corrected chi connectivity index (χ3v) is 5.67. The first kappa shape index (κ1) is 19.0. The maximum atomic E-state index is 13.7. The number of aliphatic imine (C=N–C) groups is 1. The molecule has 0 fully saturated rings. The van der Waals surface area contributed by atoms with Crippen molar-refractivity contribution in [3.8, 4) is 0 Å². The highest BCUT2D eigenvalue weighted by molar-refractivity contribution is 7.90. The minimum Gasteiger partial charge on any atom is -0.324 e. The number of hydrogen-bond acceptors (Lipinski definition) is 4. The normalized spacial score (nSPS) is 17.4. The lowest BCUT2D eigenvalue weighted by Gasteiger charge is -2.17. The molecule has 1 atom stereocenters. The first-order chi connectivity index (χ1) is 12.7. The molecule has 0 unspecified atom stereocenters. The van der Waals surface area contributed by atoms with Crippen molar-refractivity contribution in [1.82, 2.24) is 4.72 Å². The molecule has 0 saturated carbocycles. The van der Waals surface area contributed by atoms with Crippen LogP contribution in [0.5, 0.6) is 0 Å². The molecular weight excluding hydrogens is 369 g/mol. The fourth-order valence-electron chi connectivity index (χ4n) is 2.77. The van der Waals surface area contributed by atoms with Crippen molar-refractivity contribution in [2.24, 2.45) is 10.9 Å². The fraction of sp³-hybridized carbons (Fsp3) is 0.263. The number of halogens is 1. The van der Waals surface area contributed by atoms with Crippen LogP contribution in [0.1, 0.15) is 25.0 Å². The summed E-state index contributed by atoms with van der Waals surface area (Å²) >= 11 is 0. The summed E-state index contributed by atoms with van der Waals surface area (Å²) in [5, 5.41) is 2.65. The first-order valence-corrected chi connectivity index (χ1v) is 9.94. The molecule has 2 aromatic rings. The van der Waals surface area contributed by atoms with Gasteiger partial charge in [0.25, 0.3) is 10.0 Å². The van der Waals surface area contributed by atoms with Gasteiger partial charge in [-0.05, 0) is 42.7 Å². The number of rotatable bonds is 4. The zero-order chi connectivity index (χ0) is 19.8. The molecule has 1 aliphatic heterocycles. The van der Waals surface area contributed by atoms with Crippen molar-refractivity contribution in [1.29, 1.82) is 0 Å². The minimum atomic E-state index is -3.68. The lowest BCUT2D eigenvalue weighted by molar-refractivity contribution is -0.118. The number of nitrogens with zero attached hydrogens (tertiary/aromatic N) is 1. The molecule has 0 aromatic heterocycles. The lowest BCUT2D eigenvalue weighted by atomic mass is 10.0. The molecule has 8 heteroatoms. The number of anilines is 1. The molecular formula is C19H20FN3O3S. The maximum absolute atomic E-state index is 13.7. The van der Waals surface area contributed by atoms with Gasteiger partial charge in [-0.2, -0.15) is 0 Å². The van der Waals surface area contributed by atoms with Crippen LogP contribution in [0.25, 0.3) is 0 Å². The fourth-order valence-corrected chi connectivity index (χ4v) is 4.01. The van der Waals surface area contributed by atoms with Gasteiger partial charge in [0, 0.05) is 11.3 Å².